The fourth-order valence-electron chi connectivity index (χ4n) is 3.41. The van der Waals surface area contributed by atoms with Crippen molar-refractivity contribution < 1.29 is 13.2 Å². The van der Waals surface area contributed by atoms with Crippen molar-refractivity contribution in [1.29, 1.82) is 0 Å². The summed E-state index contributed by atoms with van der Waals surface area (Å²) in [4.78, 5) is 14.0. The second-order valence-electron chi connectivity index (χ2n) is 6.65. The lowest BCUT2D eigenvalue weighted by Gasteiger charge is -2.28. The van der Waals surface area contributed by atoms with Gasteiger partial charge in [0.1, 0.15) is 5.65 Å². The van der Waals surface area contributed by atoms with Gasteiger partial charge in [0.2, 0.25) is 5.82 Å². The minimum Gasteiger partial charge on any atom is -0.302 e. The third-order valence-electron chi connectivity index (χ3n) is 4.78. The minimum atomic E-state index is -4.50. The van der Waals surface area contributed by atoms with Crippen LogP contribution in [-0.2, 0) is 25.7 Å². The van der Waals surface area contributed by atoms with E-state index in [-0.39, 0.29) is 0 Å². The van der Waals surface area contributed by atoms with Gasteiger partial charge in [-0.05, 0) is 25.5 Å². The molecule has 4 heterocycles. The predicted octanol–water partition coefficient (Wildman–Crippen LogP) is 3.32. The normalized spacial score (nSPS) is 15.4. The van der Waals surface area contributed by atoms with Crippen LogP contribution in [0.5, 0.6) is 0 Å². The second-order valence-corrected chi connectivity index (χ2v) is 6.65. The van der Waals surface area contributed by atoms with Gasteiger partial charge in [0.05, 0.1) is 17.1 Å². The fraction of sp³-hybridized carbons (Fsp3) is 0.389. The molecule has 1 aliphatic rings. The molecule has 0 amide bonds. The van der Waals surface area contributed by atoms with Gasteiger partial charge in [-0.2, -0.15) is 13.2 Å². The molecule has 0 fully saturated rings. The number of pyridine rings is 1. The summed E-state index contributed by atoms with van der Waals surface area (Å²) in [7, 11) is 0. The van der Waals surface area contributed by atoms with Crippen molar-refractivity contribution in [3.8, 4) is 0 Å². The molecule has 3 aromatic heterocycles. The van der Waals surface area contributed by atoms with Gasteiger partial charge in [-0.1, -0.05) is 6.07 Å². The number of hydrogen-bond donors (Lipinski definition) is 0. The highest BCUT2D eigenvalue weighted by Gasteiger charge is 2.35. The van der Waals surface area contributed by atoms with E-state index in [1.54, 1.807) is 0 Å². The van der Waals surface area contributed by atoms with Crippen LogP contribution in [0.2, 0.25) is 0 Å². The monoisotopic (exact) mass is 361 g/mol. The minimum absolute atomic E-state index is 0.482. The zero-order valence-corrected chi connectivity index (χ0v) is 14.5. The molecule has 0 aliphatic carbocycles. The third kappa shape index (κ3) is 2.94. The van der Waals surface area contributed by atoms with Gasteiger partial charge in [0.15, 0.2) is 0 Å². The number of hydrogen-bond acceptors (Lipinski definition) is 4. The quantitative estimate of drug-likeness (QED) is 0.703. The average molecular weight is 361 g/mol. The van der Waals surface area contributed by atoms with Gasteiger partial charge in [0.25, 0.3) is 0 Å². The van der Waals surface area contributed by atoms with E-state index in [1.807, 2.05) is 32.2 Å². The Kier molecular flexibility index (Phi) is 3.95. The van der Waals surface area contributed by atoms with E-state index in [0.29, 0.717) is 31.7 Å². The predicted molar refractivity (Wildman–Crippen MR) is 89.5 cm³/mol. The number of fused-ring (bicyclic) bond motifs is 2. The Morgan fingerprint density at radius 1 is 1.19 bits per heavy atom. The standard InChI is InChI=1S/C18H18F3N5/c1-11-4-3-6-26-15(12(2)23-16(11)26)10-25-7-5-14-13(9-25)8-22-17(24-14)18(19,20)21/h3-4,6,8H,5,7,9-10H2,1-2H3. The van der Waals surface area contributed by atoms with Crippen LogP contribution in [0.15, 0.2) is 24.5 Å². The summed E-state index contributed by atoms with van der Waals surface area (Å²) in [5.41, 5.74) is 5.37. The van der Waals surface area contributed by atoms with Crippen molar-refractivity contribution in [3.05, 3.63) is 58.6 Å². The van der Waals surface area contributed by atoms with Crippen molar-refractivity contribution in [2.45, 2.75) is 39.5 Å². The van der Waals surface area contributed by atoms with E-state index in [1.165, 1.54) is 6.20 Å². The Bertz CT molecular complexity index is 977. The molecular weight excluding hydrogens is 343 g/mol. The number of aryl methyl sites for hydroxylation is 2. The van der Waals surface area contributed by atoms with Gasteiger partial charge in [0, 0.05) is 44.0 Å². The van der Waals surface area contributed by atoms with E-state index in [2.05, 4.69) is 24.3 Å². The van der Waals surface area contributed by atoms with Crippen LogP contribution in [0.25, 0.3) is 5.65 Å². The molecule has 0 unspecified atom stereocenters. The van der Waals surface area contributed by atoms with Gasteiger partial charge in [-0.25, -0.2) is 15.0 Å². The van der Waals surface area contributed by atoms with Crippen molar-refractivity contribution in [1.82, 2.24) is 24.3 Å². The summed E-state index contributed by atoms with van der Waals surface area (Å²) in [5.74, 6) is -1.06. The highest BCUT2D eigenvalue weighted by atomic mass is 19.4. The van der Waals surface area contributed by atoms with Gasteiger partial charge in [-0.3, -0.25) is 4.90 Å². The lowest BCUT2D eigenvalue weighted by atomic mass is 10.1. The summed E-state index contributed by atoms with van der Waals surface area (Å²) in [5, 5.41) is 0. The maximum atomic E-state index is 12.8. The fourth-order valence-corrected chi connectivity index (χ4v) is 3.41. The largest absolute Gasteiger partial charge is 0.451 e. The number of aromatic nitrogens is 4. The molecule has 0 bridgehead atoms. The molecule has 26 heavy (non-hydrogen) atoms. The molecule has 8 heteroatoms. The molecule has 0 radical (unpaired) electrons. The first kappa shape index (κ1) is 17.0. The number of rotatable bonds is 2. The smallest absolute Gasteiger partial charge is 0.302 e. The van der Waals surface area contributed by atoms with Crippen molar-refractivity contribution >= 4 is 5.65 Å². The summed E-state index contributed by atoms with van der Waals surface area (Å²) >= 11 is 0. The van der Waals surface area contributed by atoms with Crippen molar-refractivity contribution in [2.75, 3.05) is 6.54 Å². The first-order valence-electron chi connectivity index (χ1n) is 8.40. The molecule has 136 valence electrons. The van der Waals surface area contributed by atoms with Crippen LogP contribution in [0.4, 0.5) is 13.2 Å². The number of nitrogens with zero attached hydrogens (tertiary/aromatic N) is 5. The van der Waals surface area contributed by atoms with Gasteiger partial charge in [-0.15, -0.1) is 0 Å². The zero-order chi connectivity index (χ0) is 18.5. The SMILES string of the molecule is Cc1nc2c(C)cccn2c1CN1CCc2nc(C(F)(F)F)ncc2C1. The Hall–Kier alpha value is -2.48. The van der Waals surface area contributed by atoms with Crippen LogP contribution >= 0.6 is 0 Å². The molecular formula is C18H18F3N5. The Morgan fingerprint density at radius 3 is 2.77 bits per heavy atom. The zero-order valence-electron chi connectivity index (χ0n) is 14.5. The second kappa shape index (κ2) is 6.05. The van der Waals surface area contributed by atoms with Crippen LogP contribution in [-0.4, -0.2) is 30.8 Å². The van der Waals surface area contributed by atoms with Crippen LogP contribution in [0.3, 0.4) is 0 Å². The average Bonchev–Trinajstić information content (AvgIpc) is 2.91. The third-order valence-corrected chi connectivity index (χ3v) is 4.78. The Labute approximate surface area is 148 Å². The first-order chi connectivity index (χ1) is 12.3. The molecule has 4 rings (SSSR count). The molecule has 0 atom stereocenters. The van der Waals surface area contributed by atoms with Gasteiger partial charge >= 0.3 is 6.18 Å². The Morgan fingerprint density at radius 2 is 2.00 bits per heavy atom. The first-order valence-corrected chi connectivity index (χ1v) is 8.40. The van der Waals surface area contributed by atoms with E-state index in [4.69, 9.17) is 0 Å². The highest BCUT2D eigenvalue weighted by molar-refractivity contribution is 5.50. The lowest BCUT2D eigenvalue weighted by Crippen LogP contribution is -2.32. The maximum Gasteiger partial charge on any atom is 0.451 e. The molecule has 0 N–H and O–H groups in total. The van der Waals surface area contributed by atoms with E-state index < -0.39 is 12.0 Å². The van der Waals surface area contributed by atoms with Gasteiger partial charge < -0.3 is 4.40 Å². The van der Waals surface area contributed by atoms with Crippen LogP contribution in [0, 0.1) is 13.8 Å². The van der Waals surface area contributed by atoms with E-state index in [9.17, 15) is 13.2 Å². The summed E-state index contributed by atoms with van der Waals surface area (Å²) in [6, 6.07) is 4.02. The summed E-state index contributed by atoms with van der Waals surface area (Å²) in [6.07, 6.45) is -0.718. The Balaban J connectivity index is 1.59. The number of alkyl halides is 3. The molecule has 0 saturated carbocycles. The maximum absolute atomic E-state index is 12.8. The van der Waals surface area contributed by atoms with E-state index in [0.717, 1.165) is 28.2 Å². The molecule has 0 saturated heterocycles. The van der Waals surface area contributed by atoms with Crippen molar-refractivity contribution in [2.24, 2.45) is 0 Å². The molecule has 3 aromatic rings. The molecule has 1 aliphatic heterocycles. The molecule has 0 aromatic carbocycles. The lowest BCUT2D eigenvalue weighted by molar-refractivity contribution is -0.145. The summed E-state index contributed by atoms with van der Waals surface area (Å²) < 4.78 is 40.4. The number of halogens is 3. The highest BCUT2D eigenvalue weighted by Crippen LogP contribution is 2.28. The molecule has 5 nitrogen and oxygen atoms in total. The summed E-state index contributed by atoms with van der Waals surface area (Å²) in [6.45, 7) is 5.87. The molecule has 0 spiro atoms. The van der Waals surface area contributed by atoms with E-state index >= 15 is 0 Å². The van der Waals surface area contributed by atoms with Crippen molar-refractivity contribution in [3.63, 3.8) is 0 Å². The van der Waals surface area contributed by atoms with Crippen LogP contribution < -0.4 is 0 Å². The van der Waals surface area contributed by atoms with Crippen LogP contribution in [0.1, 0.15) is 34.0 Å². The topological polar surface area (TPSA) is 46.3 Å². The number of imidazole rings is 1.